The van der Waals surface area contributed by atoms with Gasteiger partial charge >= 0.3 is 0 Å². The van der Waals surface area contributed by atoms with Crippen molar-refractivity contribution >= 4 is 0 Å². The molecule has 2 rings (SSSR count). The first-order valence-electron chi connectivity index (χ1n) is 8.50. The molecule has 0 bridgehead atoms. The van der Waals surface area contributed by atoms with Crippen LogP contribution in [0.5, 0.6) is 5.75 Å². The molecule has 0 saturated heterocycles. The van der Waals surface area contributed by atoms with E-state index in [9.17, 15) is 0 Å². The Morgan fingerprint density at radius 3 is 2.10 bits per heavy atom. The van der Waals surface area contributed by atoms with E-state index in [1.165, 1.54) is 24.8 Å². The van der Waals surface area contributed by atoms with Crippen molar-refractivity contribution in [2.75, 3.05) is 0 Å². The second-order valence-electron chi connectivity index (χ2n) is 7.04. The summed E-state index contributed by atoms with van der Waals surface area (Å²) in [6.45, 7) is 11.2. The van der Waals surface area contributed by atoms with Gasteiger partial charge in [0.2, 0.25) is 0 Å². The predicted octanol–water partition coefficient (Wildman–Crippen LogP) is 4.95. The Morgan fingerprint density at radius 1 is 1.00 bits per heavy atom. The van der Waals surface area contributed by atoms with Gasteiger partial charge in [-0.25, -0.2) is 0 Å². The largest absolute Gasteiger partial charge is 0.491 e. The van der Waals surface area contributed by atoms with Crippen molar-refractivity contribution in [2.45, 2.75) is 72.1 Å². The van der Waals surface area contributed by atoms with Crippen molar-refractivity contribution in [1.82, 2.24) is 5.32 Å². The summed E-state index contributed by atoms with van der Waals surface area (Å²) in [5.74, 6) is 2.51. The number of ether oxygens (including phenoxy) is 1. The maximum absolute atomic E-state index is 5.71. The third-order valence-corrected chi connectivity index (χ3v) is 4.74. The summed E-state index contributed by atoms with van der Waals surface area (Å²) in [6.07, 6.45) is 4.33. The molecule has 21 heavy (non-hydrogen) atoms. The highest BCUT2D eigenvalue weighted by Gasteiger charge is 2.28. The van der Waals surface area contributed by atoms with Crippen molar-refractivity contribution in [3.8, 4) is 5.75 Å². The molecule has 3 unspecified atom stereocenters. The monoisotopic (exact) mass is 289 g/mol. The third-order valence-electron chi connectivity index (χ3n) is 4.74. The molecule has 2 nitrogen and oxygen atoms in total. The second-order valence-corrected chi connectivity index (χ2v) is 7.04. The van der Waals surface area contributed by atoms with Crippen molar-refractivity contribution < 1.29 is 4.74 Å². The predicted molar refractivity (Wildman–Crippen MR) is 89.7 cm³/mol. The van der Waals surface area contributed by atoms with Crippen molar-refractivity contribution in [1.29, 1.82) is 0 Å². The maximum atomic E-state index is 5.71. The van der Waals surface area contributed by atoms with E-state index in [1.807, 2.05) is 0 Å². The first kappa shape index (κ1) is 16.4. The van der Waals surface area contributed by atoms with E-state index >= 15 is 0 Å². The smallest absolute Gasteiger partial charge is 0.119 e. The molecule has 0 spiro atoms. The molecule has 1 aromatic rings. The zero-order chi connectivity index (χ0) is 15.4. The minimum absolute atomic E-state index is 0.232. The van der Waals surface area contributed by atoms with Gasteiger partial charge in [0.05, 0.1) is 6.10 Å². The van der Waals surface area contributed by atoms with Crippen molar-refractivity contribution in [3.63, 3.8) is 0 Å². The molecule has 1 aliphatic carbocycles. The summed E-state index contributed by atoms with van der Waals surface area (Å²) in [6, 6.07) is 9.58. The molecule has 1 fully saturated rings. The Hall–Kier alpha value is -1.02. The summed E-state index contributed by atoms with van der Waals surface area (Å²) in [7, 11) is 0. The average Bonchev–Trinajstić information content (AvgIpc) is 2.43. The van der Waals surface area contributed by atoms with Gasteiger partial charge in [0.25, 0.3) is 0 Å². The highest BCUT2D eigenvalue weighted by atomic mass is 16.5. The Labute approximate surface area is 130 Å². The Bertz CT molecular complexity index is 416. The van der Waals surface area contributed by atoms with Gasteiger partial charge < -0.3 is 10.1 Å². The molecule has 1 saturated carbocycles. The van der Waals surface area contributed by atoms with E-state index in [0.29, 0.717) is 12.1 Å². The van der Waals surface area contributed by atoms with Crippen LogP contribution in [0.1, 0.15) is 65.5 Å². The molecule has 0 aromatic heterocycles. The van der Waals surface area contributed by atoms with Crippen LogP contribution in [0, 0.1) is 11.8 Å². The van der Waals surface area contributed by atoms with Crippen LogP contribution < -0.4 is 10.1 Å². The van der Waals surface area contributed by atoms with E-state index in [2.05, 4.69) is 64.2 Å². The second kappa shape index (κ2) is 7.31. The Morgan fingerprint density at radius 2 is 1.57 bits per heavy atom. The van der Waals surface area contributed by atoms with Crippen LogP contribution in [0.3, 0.4) is 0 Å². The van der Waals surface area contributed by atoms with Gasteiger partial charge in [-0.1, -0.05) is 32.4 Å². The number of rotatable bonds is 5. The van der Waals surface area contributed by atoms with Crippen LogP contribution in [0.4, 0.5) is 0 Å². The molecule has 0 amide bonds. The Balaban J connectivity index is 1.97. The van der Waals surface area contributed by atoms with Gasteiger partial charge in [0, 0.05) is 12.1 Å². The standard InChI is InChI=1S/C19H31NO/c1-13(2)21-18-11-9-17(10-12-18)16(5)20-19-14(3)7-6-8-15(19)4/h9-16,19-20H,6-8H2,1-5H3. The average molecular weight is 289 g/mol. The molecule has 0 radical (unpaired) electrons. The normalized spacial score (nSPS) is 27.6. The van der Waals surface area contributed by atoms with Gasteiger partial charge in [-0.2, -0.15) is 0 Å². The van der Waals surface area contributed by atoms with Gasteiger partial charge in [0.15, 0.2) is 0 Å². The van der Waals surface area contributed by atoms with Crippen molar-refractivity contribution in [3.05, 3.63) is 29.8 Å². The minimum Gasteiger partial charge on any atom is -0.491 e. The lowest BCUT2D eigenvalue weighted by Gasteiger charge is -2.37. The molecule has 0 aliphatic heterocycles. The van der Waals surface area contributed by atoms with E-state index in [0.717, 1.165) is 17.6 Å². The summed E-state index contributed by atoms with van der Waals surface area (Å²) in [5.41, 5.74) is 1.34. The fraction of sp³-hybridized carbons (Fsp3) is 0.684. The topological polar surface area (TPSA) is 21.3 Å². The molecule has 1 aliphatic rings. The third kappa shape index (κ3) is 4.47. The van der Waals surface area contributed by atoms with Crippen LogP contribution in [-0.4, -0.2) is 12.1 Å². The molecule has 1 N–H and O–H groups in total. The quantitative estimate of drug-likeness (QED) is 0.828. The van der Waals surface area contributed by atoms with E-state index in [4.69, 9.17) is 4.74 Å². The number of hydrogen-bond donors (Lipinski definition) is 1. The summed E-state index contributed by atoms with van der Waals surface area (Å²) >= 11 is 0. The zero-order valence-corrected chi connectivity index (χ0v) is 14.2. The van der Waals surface area contributed by atoms with Gasteiger partial charge in [-0.05, 0) is 63.1 Å². The van der Waals surface area contributed by atoms with Gasteiger partial charge in [-0.15, -0.1) is 0 Å². The molecule has 118 valence electrons. The maximum Gasteiger partial charge on any atom is 0.119 e. The SMILES string of the molecule is CC(C)Oc1ccc(C(C)NC2C(C)CCCC2C)cc1. The van der Waals surface area contributed by atoms with Crippen molar-refractivity contribution in [2.24, 2.45) is 11.8 Å². The summed E-state index contributed by atoms with van der Waals surface area (Å²) in [4.78, 5) is 0. The first-order chi connectivity index (χ1) is 9.97. The fourth-order valence-corrected chi connectivity index (χ4v) is 3.50. The lowest BCUT2D eigenvalue weighted by atomic mass is 9.78. The fourth-order valence-electron chi connectivity index (χ4n) is 3.50. The van der Waals surface area contributed by atoms with Gasteiger partial charge in [-0.3, -0.25) is 0 Å². The number of benzene rings is 1. The zero-order valence-electron chi connectivity index (χ0n) is 14.2. The molecular formula is C19H31NO. The van der Waals surface area contributed by atoms with Gasteiger partial charge in [0.1, 0.15) is 5.75 Å². The van der Waals surface area contributed by atoms with Crippen LogP contribution in [0.2, 0.25) is 0 Å². The summed E-state index contributed by atoms with van der Waals surface area (Å²) in [5, 5.41) is 3.85. The highest BCUT2D eigenvalue weighted by molar-refractivity contribution is 5.29. The van der Waals surface area contributed by atoms with Crippen LogP contribution in [0.25, 0.3) is 0 Å². The first-order valence-corrected chi connectivity index (χ1v) is 8.50. The van der Waals surface area contributed by atoms with Crippen LogP contribution in [0.15, 0.2) is 24.3 Å². The molecular weight excluding hydrogens is 258 g/mol. The van der Waals surface area contributed by atoms with Crippen LogP contribution >= 0.6 is 0 Å². The summed E-state index contributed by atoms with van der Waals surface area (Å²) < 4.78 is 5.71. The molecule has 3 atom stereocenters. The Kier molecular flexibility index (Phi) is 5.69. The van der Waals surface area contributed by atoms with E-state index < -0.39 is 0 Å². The number of hydrogen-bond acceptors (Lipinski definition) is 2. The van der Waals surface area contributed by atoms with E-state index in [1.54, 1.807) is 0 Å². The number of nitrogens with one attached hydrogen (secondary N) is 1. The lowest BCUT2D eigenvalue weighted by molar-refractivity contribution is 0.196. The lowest BCUT2D eigenvalue weighted by Crippen LogP contribution is -2.43. The van der Waals surface area contributed by atoms with Crippen LogP contribution in [-0.2, 0) is 0 Å². The molecule has 1 aromatic carbocycles. The molecule has 0 heterocycles. The van der Waals surface area contributed by atoms with E-state index in [-0.39, 0.29) is 6.10 Å². The minimum atomic E-state index is 0.232. The molecule has 2 heteroatoms. The highest BCUT2D eigenvalue weighted by Crippen LogP contribution is 2.31.